The van der Waals surface area contributed by atoms with Crippen molar-refractivity contribution in [3.8, 4) is 5.75 Å². The molecule has 0 amide bonds. The van der Waals surface area contributed by atoms with Gasteiger partial charge in [0.1, 0.15) is 5.75 Å². The lowest BCUT2D eigenvalue weighted by Crippen LogP contribution is -2.31. The van der Waals surface area contributed by atoms with Crippen molar-refractivity contribution in [2.75, 3.05) is 20.2 Å². The number of hydrogen-bond acceptors (Lipinski definition) is 2. The highest BCUT2D eigenvalue weighted by Crippen LogP contribution is 2.23. The lowest BCUT2D eigenvalue weighted by molar-refractivity contribution is 0.251. The summed E-state index contributed by atoms with van der Waals surface area (Å²) in [6, 6.07) is 14.7. The first kappa shape index (κ1) is 15.4. The molecule has 0 saturated heterocycles. The fraction of sp³-hybridized carbons (Fsp3) is 0.368. The summed E-state index contributed by atoms with van der Waals surface area (Å²) >= 11 is 6.10. The second-order valence-electron chi connectivity index (χ2n) is 5.89. The number of ether oxygens (including phenoxy) is 1. The number of rotatable bonds is 5. The van der Waals surface area contributed by atoms with Crippen LogP contribution in [0.1, 0.15) is 23.1 Å². The van der Waals surface area contributed by atoms with E-state index in [1.807, 2.05) is 18.2 Å². The normalized spacial score (nSPS) is 14.6. The number of aryl methyl sites for hydroxylation is 1. The summed E-state index contributed by atoms with van der Waals surface area (Å²) in [6.07, 6.45) is 3.43. The van der Waals surface area contributed by atoms with Crippen LogP contribution < -0.4 is 4.74 Å². The zero-order chi connectivity index (χ0) is 15.4. The van der Waals surface area contributed by atoms with E-state index in [0.717, 1.165) is 43.2 Å². The second kappa shape index (κ2) is 7.17. The maximum atomic E-state index is 6.10. The highest BCUT2D eigenvalue weighted by molar-refractivity contribution is 6.30. The van der Waals surface area contributed by atoms with Crippen LogP contribution in [0.2, 0.25) is 5.02 Å². The van der Waals surface area contributed by atoms with Gasteiger partial charge in [-0.25, -0.2) is 0 Å². The van der Waals surface area contributed by atoms with Gasteiger partial charge in [-0.05, 0) is 66.8 Å². The largest absolute Gasteiger partial charge is 0.497 e. The van der Waals surface area contributed by atoms with E-state index in [4.69, 9.17) is 16.3 Å². The van der Waals surface area contributed by atoms with Crippen molar-refractivity contribution in [1.82, 2.24) is 4.90 Å². The van der Waals surface area contributed by atoms with Crippen molar-refractivity contribution < 1.29 is 4.74 Å². The van der Waals surface area contributed by atoms with Gasteiger partial charge in [0.15, 0.2) is 0 Å². The fourth-order valence-electron chi connectivity index (χ4n) is 3.07. The fourth-order valence-corrected chi connectivity index (χ4v) is 3.27. The van der Waals surface area contributed by atoms with Crippen molar-refractivity contribution in [3.05, 3.63) is 64.2 Å². The van der Waals surface area contributed by atoms with Crippen LogP contribution in [0.5, 0.6) is 5.75 Å². The molecule has 1 aliphatic heterocycles. The van der Waals surface area contributed by atoms with Gasteiger partial charge in [0.05, 0.1) is 7.11 Å². The summed E-state index contributed by atoms with van der Waals surface area (Å²) in [6.45, 7) is 3.31. The van der Waals surface area contributed by atoms with E-state index < -0.39 is 0 Å². The lowest BCUT2D eigenvalue weighted by Gasteiger charge is -2.28. The summed E-state index contributed by atoms with van der Waals surface area (Å²) < 4.78 is 5.19. The number of hydrogen-bond donors (Lipinski definition) is 0. The third-order valence-electron chi connectivity index (χ3n) is 4.36. The standard InChI is InChI=1S/C19H22ClNO/c1-22-19-8-4-15(5-9-19)3-2-11-21-12-10-16-6-7-18(20)13-17(16)14-21/h4-9,13H,2-3,10-12,14H2,1H3. The molecule has 0 atom stereocenters. The zero-order valence-corrected chi connectivity index (χ0v) is 13.8. The molecule has 0 saturated carbocycles. The highest BCUT2D eigenvalue weighted by Gasteiger charge is 2.15. The molecule has 0 radical (unpaired) electrons. The predicted octanol–water partition coefficient (Wildman–Crippen LogP) is 4.34. The smallest absolute Gasteiger partial charge is 0.118 e. The summed E-state index contributed by atoms with van der Waals surface area (Å²) in [5.74, 6) is 0.924. The van der Waals surface area contributed by atoms with Gasteiger partial charge >= 0.3 is 0 Å². The van der Waals surface area contributed by atoms with Gasteiger partial charge in [0.25, 0.3) is 0 Å². The average Bonchev–Trinajstić information content (AvgIpc) is 2.55. The minimum absolute atomic E-state index is 0.846. The van der Waals surface area contributed by atoms with E-state index in [9.17, 15) is 0 Å². The molecule has 1 aliphatic rings. The molecule has 0 N–H and O–H groups in total. The Hall–Kier alpha value is -1.51. The van der Waals surface area contributed by atoms with Crippen LogP contribution in [0.3, 0.4) is 0 Å². The third-order valence-corrected chi connectivity index (χ3v) is 4.59. The molecule has 1 heterocycles. The minimum atomic E-state index is 0.846. The lowest BCUT2D eigenvalue weighted by atomic mass is 9.99. The summed E-state index contributed by atoms with van der Waals surface area (Å²) in [5.41, 5.74) is 4.22. The zero-order valence-electron chi connectivity index (χ0n) is 13.0. The van der Waals surface area contributed by atoms with E-state index in [2.05, 4.69) is 29.2 Å². The van der Waals surface area contributed by atoms with Crippen molar-refractivity contribution >= 4 is 11.6 Å². The number of benzene rings is 2. The van der Waals surface area contributed by atoms with E-state index >= 15 is 0 Å². The molecule has 0 bridgehead atoms. The number of methoxy groups -OCH3 is 1. The van der Waals surface area contributed by atoms with Crippen molar-refractivity contribution in [3.63, 3.8) is 0 Å². The Morgan fingerprint density at radius 2 is 1.91 bits per heavy atom. The number of halogens is 1. The summed E-state index contributed by atoms with van der Waals surface area (Å²) in [5, 5.41) is 0.846. The Morgan fingerprint density at radius 3 is 2.68 bits per heavy atom. The van der Waals surface area contributed by atoms with E-state index in [0.29, 0.717) is 0 Å². The van der Waals surface area contributed by atoms with Crippen LogP contribution in [0.4, 0.5) is 0 Å². The van der Waals surface area contributed by atoms with Gasteiger partial charge in [-0.1, -0.05) is 29.8 Å². The molecule has 2 nitrogen and oxygen atoms in total. The Kier molecular flexibility index (Phi) is 5.01. The molecule has 0 spiro atoms. The summed E-state index contributed by atoms with van der Waals surface area (Å²) in [4.78, 5) is 2.53. The molecule has 2 aromatic rings. The molecule has 3 rings (SSSR count). The first-order valence-electron chi connectivity index (χ1n) is 7.87. The summed E-state index contributed by atoms with van der Waals surface area (Å²) in [7, 11) is 1.70. The van der Waals surface area contributed by atoms with E-state index in [-0.39, 0.29) is 0 Å². The predicted molar refractivity (Wildman–Crippen MR) is 91.7 cm³/mol. The van der Waals surface area contributed by atoms with Gasteiger partial charge in [-0.2, -0.15) is 0 Å². The van der Waals surface area contributed by atoms with Gasteiger partial charge < -0.3 is 4.74 Å². The molecule has 116 valence electrons. The molecule has 0 unspecified atom stereocenters. The van der Waals surface area contributed by atoms with E-state index in [1.54, 1.807) is 7.11 Å². The van der Waals surface area contributed by atoms with Crippen LogP contribution in [0, 0.1) is 0 Å². The first-order chi connectivity index (χ1) is 10.7. The van der Waals surface area contributed by atoms with Crippen LogP contribution in [-0.4, -0.2) is 25.1 Å². The quantitative estimate of drug-likeness (QED) is 0.814. The van der Waals surface area contributed by atoms with Gasteiger partial charge in [-0.3, -0.25) is 4.90 Å². The van der Waals surface area contributed by atoms with Crippen molar-refractivity contribution in [1.29, 1.82) is 0 Å². The molecule has 0 aromatic heterocycles. The second-order valence-corrected chi connectivity index (χ2v) is 6.33. The minimum Gasteiger partial charge on any atom is -0.497 e. The van der Waals surface area contributed by atoms with Crippen LogP contribution in [0.25, 0.3) is 0 Å². The van der Waals surface area contributed by atoms with Gasteiger partial charge in [0.2, 0.25) is 0 Å². The van der Waals surface area contributed by atoms with Crippen LogP contribution in [0.15, 0.2) is 42.5 Å². The Morgan fingerprint density at radius 1 is 1.09 bits per heavy atom. The molecule has 2 aromatic carbocycles. The molecule has 22 heavy (non-hydrogen) atoms. The van der Waals surface area contributed by atoms with Crippen LogP contribution in [-0.2, 0) is 19.4 Å². The molecule has 0 aliphatic carbocycles. The Labute approximate surface area is 137 Å². The van der Waals surface area contributed by atoms with Crippen LogP contribution >= 0.6 is 11.6 Å². The molecular formula is C19H22ClNO. The topological polar surface area (TPSA) is 12.5 Å². The van der Waals surface area contributed by atoms with Gasteiger partial charge in [0, 0.05) is 18.1 Å². The van der Waals surface area contributed by atoms with Crippen molar-refractivity contribution in [2.45, 2.75) is 25.8 Å². The van der Waals surface area contributed by atoms with Crippen molar-refractivity contribution in [2.24, 2.45) is 0 Å². The first-order valence-corrected chi connectivity index (χ1v) is 8.25. The monoisotopic (exact) mass is 315 g/mol. The SMILES string of the molecule is COc1ccc(CCCN2CCc3ccc(Cl)cc3C2)cc1. The number of nitrogens with zero attached hydrogens (tertiary/aromatic N) is 1. The average molecular weight is 316 g/mol. The third kappa shape index (κ3) is 3.82. The highest BCUT2D eigenvalue weighted by atomic mass is 35.5. The maximum Gasteiger partial charge on any atom is 0.118 e. The van der Waals surface area contributed by atoms with Gasteiger partial charge in [-0.15, -0.1) is 0 Å². The Bertz CT molecular complexity index is 624. The molecule has 0 fully saturated rings. The Balaban J connectivity index is 1.50. The molecule has 3 heteroatoms. The molecular weight excluding hydrogens is 294 g/mol. The van der Waals surface area contributed by atoms with E-state index in [1.165, 1.54) is 23.1 Å². The maximum absolute atomic E-state index is 6.10. The number of fused-ring (bicyclic) bond motifs is 1.